The molecular weight excluding hydrogens is 212 g/mol. The maximum Gasteiger partial charge on any atom is 0.108 e. The van der Waals surface area contributed by atoms with Crippen molar-refractivity contribution in [3.8, 4) is 6.07 Å². The average Bonchev–Trinajstić information content (AvgIpc) is 2.90. The van der Waals surface area contributed by atoms with Crippen molar-refractivity contribution in [3.63, 3.8) is 0 Å². The van der Waals surface area contributed by atoms with E-state index in [4.69, 9.17) is 0 Å². The first-order valence-corrected chi connectivity index (χ1v) is 6.45. The highest BCUT2D eigenvalue weighted by Gasteiger charge is 2.36. The van der Waals surface area contributed by atoms with Crippen LogP contribution in [0.2, 0.25) is 0 Å². The summed E-state index contributed by atoms with van der Waals surface area (Å²) in [5.41, 5.74) is -0.342. The third kappa shape index (κ3) is 2.67. The Morgan fingerprint density at radius 3 is 3.18 bits per heavy atom. The van der Waals surface area contributed by atoms with Crippen molar-refractivity contribution in [1.29, 1.82) is 5.26 Å². The normalized spacial score (nSPS) is 28.8. The Morgan fingerprint density at radius 1 is 1.65 bits per heavy atom. The molecule has 1 N–H and O–H groups in total. The van der Waals surface area contributed by atoms with E-state index in [-0.39, 0.29) is 5.54 Å². The molecule has 92 valence electrons. The first-order chi connectivity index (χ1) is 8.29. The molecule has 0 radical (unpaired) electrons. The number of nitriles is 1. The summed E-state index contributed by atoms with van der Waals surface area (Å²) < 4.78 is 2.00. The lowest BCUT2D eigenvalue weighted by atomic mass is 9.80. The Labute approximate surface area is 103 Å². The van der Waals surface area contributed by atoms with E-state index in [0.29, 0.717) is 6.04 Å². The Bertz CT molecular complexity index is 379. The van der Waals surface area contributed by atoms with Crippen molar-refractivity contribution in [2.24, 2.45) is 0 Å². The molecule has 4 nitrogen and oxygen atoms in total. The van der Waals surface area contributed by atoms with Gasteiger partial charge in [-0.1, -0.05) is 6.92 Å². The number of hydrogen-bond acceptors (Lipinski definition) is 3. The second kappa shape index (κ2) is 5.33. The van der Waals surface area contributed by atoms with Crippen LogP contribution >= 0.6 is 0 Å². The molecule has 17 heavy (non-hydrogen) atoms. The first-order valence-electron chi connectivity index (χ1n) is 6.45. The zero-order valence-corrected chi connectivity index (χ0v) is 10.4. The summed E-state index contributed by atoms with van der Waals surface area (Å²) in [6.07, 6.45) is 8.91. The summed E-state index contributed by atoms with van der Waals surface area (Å²) in [6, 6.07) is 4.80. The van der Waals surface area contributed by atoms with Gasteiger partial charge < -0.3 is 0 Å². The minimum Gasteiger partial charge on any atom is -0.299 e. The number of aromatic nitrogens is 2. The largest absolute Gasteiger partial charge is 0.299 e. The lowest BCUT2D eigenvalue weighted by molar-refractivity contribution is 0.220. The van der Waals surface area contributed by atoms with Crippen molar-refractivity contribution >= 4 is 0 Å². The quantitative estimate of drug-likeness (QED) is 0.866. The molecule has 1 aliphatic carbocycles. The molecule has 0 aromatic carbocycles. The van der Waals surface area contributed by atoms with Gasteiger partial charge in [-0.3, -0.25) is 10.00 Å². The van der Waals surface area contributed by atoms with Gasteiger partial charge in [-0.2, -0.15) is 10.4 Å². The maximum atomic E-state index is 9.44. The Morgan fingerprint density at radius 2 is 2.53 bits per heavy atom. The third-order valence-electron chi connectivity index (χ3n) is 3.55. The monoisotopic (exact) mass is 232 g/mol. The van der Waals surface area contributed by atoms with Crippen LogP contribution in [-0.4, -0.2) is 21.9 Å². The van der Waals surface area contributed by atoms with Crippen LogP contribution in [0.3, 0.4) is 0 Å². The minimum absolute atomic E-state index is 0.342. The first kappa shape index (κ1) is 12.1. The van der Waals surface area contributed by atoms with Crippen LogP contribution in [0.25, 0.3) is 0 Å². The van der Waals surface area contributed by atoms with Gasteiger partial charge in [-0.25, -0.2) is 0 Å². The number of nitrogens with one attached hydrogen (secondary N) is 1. The topological polar surface area (TPSA) is 53.6 Å². The molecule has 1 fully saturated rings. The maximum absolute atomic E-state index is 9.44. The molecule has 2 atom stereocenters. The van der Waals surface area contributed by atoms with Gasteiger partial charge in [0.1, 0.15) is 5.54 Å². The van der Waals surface area contributed by atoms with Gasteiger partial charge in [0.15, 0.2) is 0 Å². The van der Waals surface area contributed by atoms with Gasteiger partial charge in [0.2, 0.25) is 0 Å². The van der Waals surface area contributed by atoms with E-state index in [1.807, 2.05) is 23.1 Å². The number of nitrogens with zero attached hydrogens (tertiary/aromatic N) is 3. The number of rotatable bonds is 4. The molecule has 1 aromatic rings. The van der Waals surface area contributed by atoms with Crippen LogP contribution in [-0.2, 0) is 0 Å². The highest BCUT2D eigenvalue weighted by Crippen LogP contribution is 2.34. The van der Waals surface area contributed by atoms with E-state index in [9.17, 15) is 5.26 Å². The molecule has 4 heteroatoms. The average molecular weight is 232 g/mol. The van der Waals surface area contributed by atoms with Crippen molar-refractivity contribution in [2.45, 2.75) is 50.6 Å². The fraction of sp³-hybridized carbons (Fsp3) is 0.692. The molecule has 0 spiro atoms. The Hall–Kier alpha value is -1.34. The molecule has 2 rings (SSSR count). The minimum atomic E-state index is -0.342. The van der Waals surface area contributed by atoms with Crippen LogP contribution < -0.4 is 5.32 Å². The van der Waals surface area contributed by atoms with Gasteiger partial charge in [0, 0.05) is 18.8 Å². The molecule has 1 aromatic heterocycles. The van der Waals surface area contributed by atoms with Crippen molar-refractivity contribution in [1.82, 2.24) is 15.1 Å². The summed E-state index contributed by atoms with van der Waals surface area (Å²) in [4.78, 5) is 0. The van der Waals surface area contributed by atoms with Crippen LogP contribution in [0, 0.1) is 11.3 Å². The Kier molecular flexibility index (Phi) is 3.80. The third-order valence-corrected chi connectivity index (χ3v) is 3.55. The van der Waals surface area contributed by atoms with Crippen molar-refractivity contribution < 1.29 is 0 Å². The SMILES string of the molecule is CCCNC1(C#N)CCCC(n2cccn2)C1. The van der Waals surface area contributed by atoms with Gasteiger partial charge >= 0.3 is 0 Å². The predicted octanol–water partition coefficient (Wildman–Crippen LogP) is 2.26. The lowest BCUT2D eigenvalue weighted by Crippen LogP contribution is -2.48. The smallest absolute Gasteiger partial charge is 0.108 e. The molecule has 0 saturated heterocycles. The summed E-state index contributed by atoms with van der Waals surface area (Å²) >= 11 is 0. The van der Waals surface area contributed by atoms with Crippen LogP contribution in [0.1, 0.15) is 45.1 Å². The zero-order chi connectivity index (χ0) is 12.1. The highest BCUT2D eigenvalue weighted by atomic mass is 15.3. The van der Waals surface area contributed by atoms with E-state index < -0.39 is 0 Å². The molecule has 1 saturated carbocycles. The molecule has 2 unspecified atom stereocenters. The van der Waals surface area contributed by atoms with E-state index in [1.165, 1.54) is 0 Å². The Balaban J connectivity index is 2.07. The molecule has 1 aliphatic rings. The summed E-state index contributed by atoms with van der Waals surface area (Å²) in [5, 5.41) is 17.2. The van der Waals surface area contributed by atoms with Crippen LogP contribution in [0.4, 0.5) is 0 Å². The molecule has 0 aliphatic heterocycles. The number of hydrogen-bond donors (Lipinski definition) is 1. The van der Waals surface area contributed by atoms with Gasteiger partial charge in [0.05, 0.1) is 12.1 Å². The predicted molar refractivity (Wildman–Crippen MR) is 66.4 cm³/mol. The zero-order valence-electron chi connectivity index (χ0n) is 10.4. The van der Waals surface area contributed by atoms with E-state index in [2.05, 4.69) is 23.4 Å². The van der Waals surface area contributed by atoms with Crippen molar-refractivity contribution in [2.75, 3.05) is 6.54 Å². The van der Waals surface area contributed by atoms with Crippen molar-refractivity contribution in [3.05, 3.63) is 18.5 Å². The van der Waals surface area contributed by atoms with E-state index >= 15 is 0 Å². The second-order valence-corrected chi connectivity index (χ2v) is 4.86. The van der Waals surface area contributed by atoms with Gasteiger partial charge in [0.25, 0.3) is 0 Å². The fourth-order valence-electron chi connectivity index (χ4n) is 2.63. The molecule has 0 amide bonds. The lowest BCUT2D eigenvalue weighted by Gasteiger charge is -2.36. The standard InChI is InChI=1S/C13H20N4/c1-2-7-15-13(11-14)6-3-5-12(10-13)17-9-4-8-16-17/h4,8-9,12,15H,2-3,5-7,10H2,1H3. The fourth-order valence-corrected chi connectivity index (χ4v) is 2.63. The van der Waals surface area contributed by atoms with Crippen LogP contribution in [0.15, 0.2) is 18.5 Å². The summed E-state index contributed by atoms with van der Waals surface area (Å²) in [6.45, 7) is 3.05. The van der Waals surface area contributed by atoms with Crippen LogP contribution in [0.5, 0.6) is 0 Å². The van der Waals surface area contributed by atoms with Gasteiger partial charge in [-0.15, -0.1) is 0 Å². The van der Waals surface area contributed by atoms with E-state index in [1.54, 1.807) is 0 Å². The molecule has 1 heterocycles. The highest BCUT2D eigenvalue weighted by molar-refractivity contribution is 5.10. The summed E-state index contributed by atoms with van der Waals surface area (Å²) in [7, 11) is 0. The molecule has 0 bridgehead atoms. The van der Waals surface area contributed by atoms with E-state index in [0.717, 1.165) is 38.6 Å². The second-order valence-electron chi connectivity index (χ2n) is 4.86. The summed E-state index contributed by atoms with van der Waals surface area (Å²) in [5.74, 6) is 0. The molecular formula is C13H20N4. The van der Waals surface area contributed by atoms with Gasteiger partial charge in [-0.05, 0) is 38.3 Å².